The van der Waals surface area contributed by atoms with E-state index in [2.05, 4.69) is 10.9 Å². The molecule has 1 aromatic carbocycles. The standard InChI is InChI=1S/C16H14ClN3O4/c17-11-3-5-12(6-4-11)20-9-10(8-14(20)21)15(22)18-19-16(23)13-2-1-7-24-13/h1-7,10H,8-9H2,(H,18,22)(H,19,23)/t10-/m0/s1. The molecule has 1 fully saturated rings. The normalized spacial score (nSPS) is 17.0. The number of amides is 3. The molecule has 0 bridgehead atoms. The van der Waals surface area contributed by atoms with Gasteiger partial charge in [0.15, 0.2) is 5.76 Å². The molecule has 0 unspecified atom stereocenters. The Labute approximate surface area is 142 Å². The first-order chi connectivity index (χ1) is 11.5. The number of rotatable bonds is 3. The second-order valence-corrected chi connectivity index (χ2v) is 5.74. The Hall–Kier alpha value is -2.80. The number of furan rings is 1. The zero-order valence-corrected chi connectivity index (χ0v) is 13.2. The molecule has 1 saturated heterocycles. The Morgan fingerprint density at radius 1 is 1.17 bits per heavy atom. The van der Waals surface area contributed by atoms with E-state index in [-0.39, 0.29) is 24.6 Å². The average Bonchev–Trinajstić information content (AvgIpc) is 3.23. The molecule has 3 amide bonds. The third kappa shape index (κ3) is 3.41. The molecule has 0 radical (unpaired) electrons. The zero-order valence-electron chi connectivity index (χ0n) is 12.5. The minimum atomic E-state index is -0.563. The van der Waals surface area contributed by atoms with Gasteiger partial charge in [-0.05, 0) is 36.4 Å². The Morgan fingerprint density at radius 2 is 1.92 bits per heavy atom. The molecule has 1 aliphatic heterocycles. The highest BCUT2D eigenvalue weighted by Crippen LogP contribution is 2.26. The van der Waals surface area contributed by atoms with Crippen molar-refractivity contribution in [3.63, 3.8) is 0 Å². The highest BCUT2D eigenvalue weighted by atomic mass is 35.5. The molecule has 0 saturated carbocycles. The average molecular weight is 348 g/mol. The van der Waals surface area contributed by atoms with Crippen LogP contribution < -0.4 is 15.8 Å². The number of nitrogens with zero attached hydrogens (tertiary/aromatic N) is 1. The quantitative estimate of drug-likeness (QED) is 0.827. The summed E-state index contributed by atoms with van der Waals surface area (Å²) < 4.78 is 4.92. The van der Waals surface area contributed by atoms with Gasteiger partial charge in [-0.3, -0.25) is 25.2 Å². The van der Waals surface area contributed by atoms with Gasteiger partial charge in [0.25, 0.3) is 0 Å². The van der Waals surface area contributed by atoms with Crippen molar-refractivity contribution in [3.05, 3.63) is 53.4 Å². The van der Waals surface area contributed by atoms with Crippen LogP contribution in [0.25, 0.3) is 0 Å². The molecule has 2 heterocycles. The number of carbonyl (C=O) groups excluding carboxylic acids is 3. The van der Waals surface area contributed by atoms with Crippen molar-refractivity contribution in [3.8, 4) is 0 Å². The second kappa shape index (κ2) is 6.76. The van der Waals surface area contributed by atoms with Gasteiger partial charge in [-0.1, -0.05) is 11.6 Å². The van der Waals surface area contributed by atoms with Crippen molar-refractivity contribution in [1.29, 1.82) is 0 Å². The van der Waals surface area contributed by atoms with Crippen LogP contribution in [0.3, 0.4) is 0 Å². The largest absolute Gasteiger partial charge is 0.459 e. The lowest BCUT2D eigenvalue weighted by molar-refractivity contribution is -0.126. The maximum Gasteiger partial charge on any atom is 0.305 e. The van der Waals surface area contributed by atoms with Gasteiger partial charge in [0.1, 0.15) is 0 Å². The molecule has 1 atom stereocenters. The highest BCUT2D eigenvalue weighted by molar-refractivity contribution is 6.30. The summed E-state index contributed by atoms with van der Waals surface area (Å²) in [6.45, 7) is 0.239. The summed E-state index contributed by atoms with van der Waals surface area (Å²) in [5, 5.41) is 0.570. The van der Waals surface area contributed by atoms with Gasteiger partial charge in [0, 0.05) is 23.7 Å². The van der Waals surface area contributed by atoms with Gasteiger partial charge >= 0.3 is 5.91 Å². The second-order valence-electron chi connectivity index (χ2n) is 5.30. The maximum absolute atomic E-state index is 12.1. The van der Waals surface area contributed by atoms with Crippen LogP contribution in [0, 0.1) is 5.92 Å². The van der Waals surface area contributed by atoms with E-state index >= 15 is 0 Å². The number of carbonyl (C=O) groups is 3. The van der Waals surface area contributed by atoms with Crippen LogP contribution >= 0.6 is 11.6 Å². The van der Waals surface area contributed by atoms with E-state index < -0.39 is 17.7 Å². The molecule has 3 rings (SSSR count). The topological polar surface area (TPSA) is 91.7 Å². The minimum Gasteiger partial charge on any atom is -0.459 e. The number of hydrazine groups is 1. The fourth-order valence-corrected chi connectivity index (χ4v) is 2.57. The number of hydrogen-bond acceptors (Lipinski definition) is 4. The van der Waals surface area contributed by atoms with E-state index in [1.165, 1.54) is 17.2 Å². The highest BCUT2D eigenvalue weighted by Gasteiger charge is 2.35. The molecule has 124 valence electrons. The fraction of sp³-hybridized carbons (Fsp3) is 0.188. The minimum absolute atomic E-state index is 0.0745. The number of hydrogen-bond donors (Lipinski definition) is 2. The molecule has 1 aromatic heterocycles. The molecular formula is C16H14ClN3O4. The lowest BCUT2D eigenvalue weighted by atomic mass is 10.1. The summed E-state index contributed by atoms with van der Waals surface area (Å²) in [7, 11) is 0. The van der Waals surface area contributed by atoms with Crippen LogP contribution in [0.2, 0.25) is 5.02 Å². The molecule has 0 spiro atoms. The molecule has 1 aliphatic rings. The lowest BCUT2D eigenvalue weighted by Gasteiger charge is -2.16. The van der Waals surface area contributed by atoms with Crippen molar-refractivity contribution in [2.75, 3.05) is 11.4 Å². The van der Waals surface area contributed by atoms with Crippen molar-refractivity contribution in [2.24, 2.45) is 5.92 Å². The predicted molar refractivity (Wildman–Crippen MR) is 86.2 cm³/mol. The SMILES string of the molecule is O=C(NNC(=O)[C@H]1CC(=O)N(c2ccc(Cl)cc2)C1)c1ccco1. The Kier molecular flexibility index (Phi) is 4.52. The smallest absolute Gasteiger partial charge is 0.305 e. The monoisotopic (exact) mass is 347 g/mol. The van der Waals surface area contributed by atoms with Gasteiger partial charge in [0.05, 0.1) is 12.2 Å². The van der Waals surface area contributed by atoms with E-state index in [1.807, 2.05) is 0 Å². The van der Waals surface area contributed by atoms with Gasteiger partial charge in [-0.2, -0.15) is 0 Å². The molecule has 7 nitrogen and oxygen atoms in total. The van der Waals surface area contributed by atoms with E-state index in [1.54, 1.807) is 30.3 Å². The summed E-state index contributed by atoms with van der Waals surface area (Å²) >= 11 is 5.83. The van der Waals surface area contributed by atoms with Crippen LogP contribution in [-0.4, -0.2) is 24.3 Å². The van der Waals surface area contributed by atoms with Crippen LogP contribution in [-0.2, 0) is 9.59 Å². The lowest BCUT2D eigenvalue weighted by Crippen LogP contribution is -2.45. The predicted octanol–water partition coefficient (Wildman–Crippen LogP) is 1.75. The molecule has 0 aliphatic carbocycles. The number of anilines is 1. The van der Waals surface area contributed by atoms with Crippen molar-refractivity contribution in [2.45, 2.75) is 6.42 Å². The summed E-state index contributed by atoms with van der Waals surface area (Å²) in [5.74, 6) is -1.62. The van der Waals surface area contributed by atoms with Gasteiger partial charge in [0.2, 0.25) is 11.8 Å². The van der Waals surface area contributed by atoms with E-state index in [0.29, 0.717) is 10.7 Å². The summed E-state index contributed by atoms with van der Waals surface area (Å²) in [4.78, 5) is 37.5. The van der Waals surface area contributed by atoms with Crippen LogP contribution in [0.1, 0.15) is 17.0 Å². The molecule has 2 N–H and O–H groups in total. The van der Waals surface area contributed by atoms with Crippen molar-refractivity contribution >= 4 is 35.0 Å². The zero-order chi connectivity index (χ0) is 17.1. The summed E-state index contributed by atoms with van der Waals surface area (Å²) in [5.41, 5.74) is 5.25. The van der Waals surface area contributed by atoms with Crippen LogP contribution in [0.5, 0.6) is 0 Å². The van der Waals surface area contributed by atoms with Crippen LogP contribution in [0.4, 0.5) is 5.69 Å². The summed E-state index contributed by atoms with van der Waals surface area (Å²) in [6.07, 6.45) is 1.43. The van der Waals surface area contributed by atoms with E-state index in [0.717, 1.165) is 0 Å². The fourth-order valence-electron chi connectivity index (χ4n) is 2.44. The Bertz CT molecular complexity index is 758. The first kappa shape index (κ1) is 16.1. The van der Waals surface area contributed by atoms with Crippen molar-refractivity contribution in [1.82, 2.24) is 10.9 Å². The molecule has 2 aromatic rings. The molecule has 24 heavy (non-hydrogen) atoms. The van der Waals surface area contributed by atoms with Gasteiger partial charge in [-0.15, -0.1) is 0 Å². The Morgan fingerprint density at radius 3 is 2.58 bits per heavy atom. The Balaban J connectivity index is 1.58. The van der Waals surface area contributed by atoms with E-state index in [4.69, 9.17) is 16.0 Å². The summed E-state index contributed by atoms with van der Waals surface area (Å²) in [6, 6.07) is 9.85. The van der Waals surface area contributed by atoms with Crippen molar-refractivity contribution < 1.29 is 18.8 Å². The first-order valence-electron chi connectivity index (χ1n) is 7.24. The number of halogens is 1. The first-order valence-corrected chi connectivity index (χ1v) is 7.62. The van der Waals surface area contributed by atoms with Gasteiger partial charge < -0.3 is 9.32 Å². The molecule has 8 heteroatoms. The third-order valence-electron chi connectivity index (χ3n) is 3.68. The maximum atomic E-state index is 12.1. The number of nitrogens with one attached hydrogen (secondary N) is 2. The number of benzene rings is 1. The molecular weight excluding hydrogens is 334 g/mol. The van der Waals surface area contributed by atoms with Gasteiger partial charge in [-0.25, -0.2) is 0 Å². The van der Waals surface area contributed by atoms with E-state index in [9.17, 15) is 14.4 Å². The van der Waals surface area contributed by atoms with Crippen LogP contribution in [0.15, 0.2) is 47.1 Å². The third-order valence-corrected chi connectivity index (χ3v) is 3.93.